The number of aliphatic carboxylic acids is 1. The minimum atomic E-state index is -2.86. The number of aliphatic hydroxyl groups is 5. The molecule has 1 aliphatic heterocycles. The third-order valence-electron chi connectivity index (χ3n) is 3.66. The monoisotopic (exact) mass is 366 g/mol. The standard InChI is InChI=1S/C13H22N2O10/c1-5(17)14-3-8(20)15-9-6(18)2-13(24,12(22)23)25-11(9)10(21)7(19)4-16/h6-7,9-11,16,18-19,21,24H,2-4H2,1H3,(H,14,17)(H,15,20)(H,22,23)/t6-,7+,9+,10+,11+,13-/m0/s1. The van der Waals surface area contributed by atoms with Crippen LogP contribution in [0.4, 0.5) is 0 Å². The maximum absolute atomic E-state index is 11.8. The summed E-state index contributed by atoms with van der Waals surface area (Å²) in [6, 6.07) is -1.42. The van der Waals surface area contributed by atoms with E-state index in [1.165, 1.54) is 6.92 Å². The quantitative estimate of drug-likeness (QED) is 0.216. The average molecular weight is 366 g/mol. The van der Waals surface area contributed by atoms with Crippen LogP contribution in [-0.4, -0.2) is 97.8 Å². The second-order valence-corrected chi connectivity index (χ2v) is 5.69. The van der Waals surface area contributed by atoms with Gasteiger partial charge in [0.2, 0.25) is 11.8 Å². The van der Waals surface area contributed by atoms with E-state index in [-0.39, 0.29) is 0 Å². The molecule has 0 saturated carbocycles. The van der Waals surface area contributed by atoms with Crippen LogP contribution < -0.4 is 10.6 Å². The van der Waals surface area contributed by atoms with Crippen LogP contribution in [0.1, 0.15) is 13.3 Å². The second-order valence-electron chi connectivity index (χ2n) is 5.69. The number of carbonyl (C=O) groups is 3. The first-order chi connectivity index (χ1) is 11.5. The van der Waals surface area contributed by atoms with Crippen LogP contribution in [-0.2, 0) is 19.1 Å². The Labute approximate surface area is 142 Å². The SMILES string of the molecule is CC(=O)NCC(=O)N[C@H]1[C@H]([C@H](O)[C@H](O)CO)O[C@](O)(C(=O)O)C[C@@H]1O. The summed E-state index contributed by atoms with van der Waals surface area (Å²) < 4.78 is 4.90. The van der Waals surface area contributed by atoms with Crippen molar-refractivity contribution in [2.24, 2.45) is 0 Å². The van der Waals surface area contributed by atoms with Crippen molar-refractivity contribution in [2.45, 2.75) is 49.6 Å². The molecule has 0 aromatic carbocycles. The van der Waals surface area contributed by atoms with E-state index in [1.807, 2.05) is 0 Å². The van der Waals surface area contributed by atoms with Gasteiger partial charge in [0.15, 0.2) is 0 Å². The maximum atomic E-state index is 11.8. The lowest BCUT2D eigenvalue weighted by molar-refractivity contribution is -0.295. The van der Waals surface area contributed by atoms with E-state index in [2.05, 4.69) is 10.6 Å². The zero-order chi connectivity index (χ0) is 19.4. The van der Waals surface area contributed by atoms with Crippen molar-refractivity contribution in [2.75, 3.05) is 13.2 Å². The molecule has 2 amide bonds. The Hall–Kier alpha value is -1.83. The first-order valence-corrected chi connectivity index (χ1v) is 7.34. The van der Waals surface area contributed by atoms with Crippen molar-refractivity contribution in [1.29, 1.82) is 0 Å². The minimum absolute atomic E-state index is 0.465. The van der Waals surface area contributed by atoms with Gasteiger partial charge in [-0.05, 0) is 0 Å². The molecule has 12 nitrogen and oxygen atoms in total. The summed E-state index contributed by atoms with van der Waals surface area (Å²) in [6.07, 6.45) is -7.97. The summed E-state index contributed by atoms with van der Waals surface area (Å²) in [5.74, 6) is -5.99. The number of amides is 2. The fraction of sp³-hybridized carbons (Fsp3) is 0.769. The summed E-state index contributed by atoms with van der Waals surface area (Å²) in [5.41, 5.74) is 0. The van der Waals surface area contributed by atoms with E-state index >= 15 is 0 Å². The molecule has 0 aromatic heterocycles. The molecule has 144 valence electrons. The largest absolute Gasteiger partial charge is 0.477 e. The molecule has 6 atom stereocenters. The van der Waals surface area contributed by atoms with Gasteiger partial charge in [0.05, 0.1) is 25.3 Å². The van der Waals surface area contributed by atoms with Gasteiger partial charge >= 0.3 is 5.97 Å². The number of carbonyl (C=O) groups excluding carboxylic acids is 2. The molecule has 1 saturated heterocycles. The van der Waals surface area contributed by atoms with Gasteiger partial charge in [0.25, 0.3) is 5.79 Å². The van der Waals surface area contributed by atoms with Crippen molar-refractivity contribution in [1.82, 2.24) is 10.6 Å². The van der Waals surface area contributed by atoms with E-state index in [0.29, 0.717) is 0 Å². The van der Waals surface area contributed by atoms with Crippen LogP contribution in [0.15, 0.2) is 0 Å². The molecule has 0 bridgehead atoms. The molecule has 1 aliphatic rings. The molecule has 0 aromatic rings. The van der Waals surface area contributed by atoms with Crippen LogP contribution in [0.2, 0.25) is 0 Å². The van der Waals surface area contributed by atoms with Gasteiger partial charge in [0, 0.05) is 13.3 Å². The highest BCUT2D eigenvalue weighted by atomic mass is 16.7. The van der Waals surface area contributed by atoms with Gasteiger partial charge in [-0.3, -0.25) is 9.59 Å². The third kappa shape index (κ3) is 5.32. The zero-order valence-electron chi connectivity index (χ0n) is 13.3. The molecular weight excluding hydrogens is 344 g/mol. The molecule has 12 heteroatoms. The Morgan fingerprint density at radius 2 is 1.92 bits per heavy atom. The molecule has 25 heavy (non-hydrogen) atoms. The molecule has 0 unspecified atom stereocenters. The van der Waals surface area contributed by atoms with Gasteiger partial charge < -0.3 is 46.0 Å². The van der Waals surface area contributed by atoms with Crippen LogP contribution in [0.5, 0.6) is 0 Å². The molecule has 0 aliphatic carbocycles. The lowest BCUT2D eigenvalue weighted by Gasteiger charge is -2.44. The number of ether oxygens (including phenoxy) is 1. The number of hydrogen-bond donors (Lipinski definition) is 8. The van der Waals surface area contributed by atoms with Crippen LogP contribution in [0.3, 0.4) is 0 Å². The number of carboxylic acid groups (broad SMARTS) is 1. The van der Waals surface area contributed by atoms with Gasteiger partial charge in [-0.1, -0.05) is 0 Å². The van der Waals surface area contributed by atoms with Gasteiger partial charge in [-0.2, -0.15) is 0 Å². The van der Waals surface area contributed by atoms with E-state index in [4.69, 9.17) is 14.9 Å². The predicted octanol–water partition coefficient (Wildman–Crippen LogP) is -4.76. The fourth-order valence-electron chi connectivity index (χ4n) is 2.34. The van der Waals surface area contributed by atoms with Gasteiger partial charge in [-0.25, -0.2) is 4.79 Å². The molecular formula is C13H22N2O10. The zero-order valence-corrected chi connectivity index (χ0v) is 13.3. The number of rotatable bonds is 7. The predicted molar refractivity (Wildman–Crippen MR) is 77.8 cm³/mol. The van der Waals surface area contributed by atoms with Gasteiger partial charge in [0.1, 0.15) is 18.3 Å². The van der Waals surface area contributed by atoms with Crippen LogP contribution in [0.25, 0.3) is 0 Å². The van der Waals surface area contributed by atoms with E-state index < -0.39 is 73.6 Å². The molecule has 0 spiro atoms. The Balaban J connectivity index is 2.99. The summed E-state index contributed by atoms with van der Waals surface area (Å²) >= 11 is 0. The van der Waals surface area contributed by atoms with Crippen molar-refractivity contribution in [3.63, 3.8) is 0 Å². The van der Waals surface area contributed by atoms with E-state index in [1.54, 1.807) is 0 Å². The first-order valence-electron chi connectivity index (χ1n) is 7.34. The lowest BCUT2D eigenvalue weighted by Crippen LogP contribution is -2.67. The van der Waals surface area contributed by atoms with E-state index in [0.717, 1.165) is 0 Å². The van der Waals surface area contributed by atoms with Crippen molar-refractivity contribution < 1.29 is 49.8 Å². The fourth-order valence-corrected chi connectivity index (χ4v) is 2.34. The summed E-state index contributed by atoms with van der Waals surface area (Å²) in [6.45, 7) is -0.217. The highest BCUT2D eigenvalue weighted by molar-refractivity contribution is 5.84. The van der Waals surface area contributed by atoms with Crippen LogP contribution in [0, 0.1) is 0 Å². The summed E-state index contributed by atoms with van der Waals surface area (Å²) in [5, 5.41) is 61.9. The van der Waals surface area contributed by atoms with Crippen molar-refractivity contribution >= 4 is 17.8 Å². The third-order valence-corrected chi connectivity index (χ3v) is 3.66. The number of aliphatic hydroxyl groups excluding tert-OH is 4. The lowest BCUT2D eigenvalue weighted by atomic mass is 9.88. The Morgan fingerprint density at radius 3 is 2.40 bits per heavy atom. The molecule has 1 heterocycles. The summed E-state index contributed by atoms with van der Waals surface area (Å²) in [4.78, 5) is 33.7. The van der Waals surface area contributed by atoms with Gasteiger partial charge in [-0.15, -0.1) is 0 Å². The van der Waals surface area contributed by atoms with E-state index in [9.17, 15) is 34.8 Å². The smallest absolute Gasteiger partial charge is 0.364 e. The average Bonchev–Trinajstić information content (AvgIpc) is 2.53. The first kappa shape index (κ1) is 21.2. The number of nitrogens with one attached hydrogen (secondary N) is 2. The highest BCUT2D eigenvalue weighted by Gasteiger charge is 2.53. The molecule has 0 radical (unpaired) electrons. The van der Waals surface area contributed by atoms with Crippen molar-refractivity contribution in [3.8, 4) is 0 Å². The summed E-state index contributed by atoms with van der Waals surface area (Å²) in [7, 11) is 0. The topological polar surface area (TPSA) is 206 Å². The molecule has 1 fully saturated rings. The Morgan fingerprint density at radius 1 is 1.32 bits per heavy atom. The number of hydrogen-bond acceptors (Lipinski definition) is 9. The minimum Gasteiger partial charge on any atom is -0.477 e. The second kappa shape index (κ2) is 8.51. The maximum Gasteiger partial charge on any atom is 0.364 e. The highest BCUT2D eigenvalue weighted by Crippen LogP contribution is 2.30. The Kier molecular flexibility index (Phi) is 7.22. The molecule has 1 rings (SSSR count). The Bertz CT molecular complexity index is 515. The normalized spacial score (nSPS) is 31.7. The van der Waals surface area contributed by atoms with Crippen molar-refractivity contribution in [3.05, 3.63) is 0 Å². The molecule has 8 N–H and O–H groups in total. The number of carboxylic acids is 1. The van der Waals surface area contributed by atoms with Crippen LogP contribution >= 0.6 is 0 Å².